The molecule has 1 unspecified atom stereocenters. The van der Waals surface area contributed by atoms with Gasteiger partial charge in [0.1, 0.15) is 12.4 Å². The highest BCUT2D eigenvalue weighted by Gasteiger charge is 2.25. The van der Waals surface area contributed by atoms with Gasteiger partial charge in [0.2, 0.25) is 0 Å². The molecule has 0 radical (unpaired) electrons. The zero-order chi connectivity index (χ0) is 23.3. The highest BCUT2D eigenvalue weighted by atomic mass is 35.5. The van der Waals surface area contributed by atoms with Crippen LogP contribution in [0, 0.1) is 0 Å². The molecular formula is C20H23ClN4O7. The van der Waals surface area contributed by atoms with Gasteiger partial charge in [0.15, 0.2) is 17.5 Å². The van der Waals surface area contributed by atoms with Gasteiger partial charge in [0, 0.05) is 25.0 Å². The number of aliphatic hydroxyl groups excluding tert-OH is 2. The Morgan fingerprint density at radius 1 is 1.31 bits per heavy atom. The number of carbonyl (C=O) groups is 1. The largest absolute Gasteiger partial charge is 0.481 e. The van der Waals surface area contributed by atoms with Crippen molar-refractivity contribution < 1.29 is 28.9 Å². The average molecular weight is 467 g/mol. The molecule has 0 bridgehead atoms. The van der Waals surface area contributed by atoms with Gasteiger partial charge in [0.25, 0.3) is 0 Å². The number of aliphatic hydroxyl groups is 2. The summed E-state index contributed by atoms with van der Waals surface area (Å²) in [6.45, 7) is 0.244. The van der Waals surface area contributed by atoms with Crippen molar-refractivity contribution in [1.82, 2.24) is 14.5 Å². The molecule has 0 amide bonds. The predicted octanol–water partition coefficient (Wildman–Crippen LogP) is 0.793. The fourth-order valence-electron chi connectivity index (χ4n) is 2.77. The molecule has 0 fully saturated rings. The lowest BCUT2D eigenvalue weighted by Crippen LogP contribution is -2.51. The number of benzene rings is 1. The van der Waals surface area contributed by atoms with Crippen LogP contribution in [0.4, 0.5) is 0 Å². The quantitative estimate of drug-likeness (QED) is 0.364. The lowest BCUT2D eigenvalue weighted by Gasteiger charge is -2.23. The van der Waals surface area contributed by atoms with Gasteiger partial charge in [-0.1, -0.05) is 11.6 Å². The first-order valence-electron chi connectivity index (χ1n) is 9.69. The second kappa shape index (κ2) is 10.1. The predicted molar refractivity (Wildman–Crippen MR) is 113 cm³/mol. The average Bonchev–Trinajstić information content (AvgIpc) is 3.10. The van der Waals surface area contributed by atoms with E-state index < -0.39 is 36.6 Å². The standard InChI is InChI=1S/C20H23ClN4O7/c1-12(18-23-4-2-5-24-18)31-15-8-16-14(7-13(15)21)25(19(29)32-16)6-3-17(28)30-11-20(22,9-26)10-27/h2,4-5,7-8,12,26-27H,3,6,9-11,22H2,1H3. The summed E-state index contributed by atoms with van der Waals surface area (Å²) < 4.78 is 17.3. The summed E-state index contributed by atoms with van der Waals surface area (Å²) in [7, 11) is 0. The topological polar surface area (TPSA) is 163 Å². The molecule has 3 rings (SSSR count). The molecule has 0 spiro atoms. The fraction of sp³-hybridized carbons (Fsp3) is 0.400. The summed E-state index contributed by atoms with van der Waals surface area (Å²) in [6, 6.07) is 4.68. The molecule has 4 N–H and O–H groups in total. The van der Waals surface area contributed by atoms with E-state index in [4.69, 9.17) is 41.4 Å². The molecule has 2 aromatic heterocycles. The van der Waals surface area contributed by atoms with Gasteiger partial charge >= 0.3 is 11.7 Å². The summed E-state index contributed by atoms with van der Waals surface area (Å²) >= 11 is 6.33. The summed E-state index contributed by atoms with van der Waals surface area (Å²) in [5.41, 5.74) is 4.83. The maximum atomic E-state index is 12.3. The van der Waals surface area contributed by atoms with Crippen LogP contribution in [-0.4, -0.2) is 56.1 Å². The summed E-state index contributed by atoms with van der Waals surface area (Å²) in [6.07, 6.45) is 2.53. The minimum absolute atomic E-state index is 0.0364. The Balaban J connectivity index is 1.71. The van der Waals surface area contributed by atoms with E-state index in [-0.39, 0.29) is 35.9 Å². The monoisotopic (exact) mass is 466 g/mol. The molecule has 32 heavy (non-hydrogen) atoms. The SMILES string of the molecule is CC(Oc1cc2oc(=O)n(CCC(=O)OCC(N)(CO)CO)c2cc1Cl)c1ncccn1. The molecule has 3 aromatic rings. The van der Waals surface area contributed by atoms with Gasteiger partial charge in [0.05, 0.1) is 35.7 Å². The second-order valence-electron chi connectivity index (χ2n) is 7.23. The smallest absolute Gasteiger partial charge is 0.419 e. The molecule has 0 saturated carbocycles. The first-order valence-corrected chi connectivity index (χ1v) is 10.1. The van der Waals surface area contributed by atoms with E-state index in [1.165, 1.54) is 16.7 Å². The van der Waals surface area contributed by atoms with Gasteiger partial charge < -0.3 is 29.8 Å². The molecule has 0 saturated heterocycles. The third kappa shape index (κ3) is 5.43. The van der Waals surface area contributed by atoms with E-state index in [0.29, 0.717) is 11.3 Å². The van der Waals surface area contributed by atoms with E-state index in [1.54, 1.807) is 25.4 Å². The number of hydrogen-bond acceptors (Lipinski definition) is 10. The van der Waals surface area contributed by atoms with Crippen molar-refractivity contribution in [2.75, 3.05) is 19.8 Å². The Morgan fingerprint density at radius 2 is 2.00 bits per heavy atom. The maximum Gasteiger partial charge on any atom is 0.419 e. The highest BCUT2D eigenvalue weighted by Crippen LogP contribution is 2.32. The molecule has 2 heterocycles. The summed E-state index contributed by atoms with van der Waals surface area (Å²) in [4.78, 5) is 32.5. The number of hydrogen-bond donors (Lipinski definition) is 3. The molecule has 0 aliphatic heterocycles. The number of aromatic nitrogens is 3. The number of ether oxygens (including phenoxy) is 2. The van der Waals surface area contributed by atoms with Crippen LogP contribution in [0.3, 0.4) is 0 Å². The van der Waals surface area contributed by atoms with Crippen LogP contribution in [0.1, 0.15) is 25.3 Å². The number of halogens is 1. The van der Waals surface area contributed by atoms with Gasteiger partial charge in [-0.05, 0) is 19.1 Å². The number of nitrogens with zero attached hydrogens (tertiary/aromatic N) is 3. The lowest BCUT2D eigenvalue weighted by molar-refractivity contribution is -0.146. The third-order valence-electron chi connectivity index (χ3n) is 4.66. The van der Waals surface area contributed by atoms with E-state index in [1.807, 2.05) is 0 Å². The van der Waals surface area contributed by atoms with Crippen molar-refractivity contribution in [3.8, 4) is 5.75 Å². The minimum atomic E-state index is -1.43. The van der Waals surface area contributed by atoms with Crippen LogP contribution in [-0.2, 0) is 16.1 Å². The number of esters is 1. The molecule has 11 nitrogen and oxygen atoms in total. The number of fused-ring (bicyclic) bond motifs is 1. The number of carbonyl (C=O) groups excluding carboxylic acids is 1. The van der Waals surface area contributed by atoms with Crippen molar-refractivity contribution in [3.05, 3.63) is 52.0 Å². The van der Waals surface area contributed by atoms with Crippen molar-refractivity contribution in [2.24, 2.45) is 5.73 Å². The molecule has 1 aromatic carbocycles. The molecule has 0 aliphatic carbocycles. The van der Waals surface area contributed by atoms with Crippen molar-refractivity contribution in [2.45, 2.75) is 31.5 Å². The molecule has 0 aliphatic rings. The van der Waals surface area contributed by atoms with Crippen LogP contribution in [0.5, 0.6) is 5.75 Å². The van der Waals surface area contributed by atoms with Crippen molar-refractivity contribution in [3.63, 3.8) is 0 Å². The van der Waals surface area contributed by atoms with Crippen LogP contribution < -0.4 is 16.2 Å². The van der Waals surface area contributed by atoms with Crippen molar-refractivity contribution in [1.29, 1.82) is 0 Å². The van der Waals surface area contributed by atoms with E-state index in [9.17, 15) is 9.59 Å². The van der Waals surface area contributed by atoms with Crippen LogP contribution in [0.25, 0.3) is 11.1 Å². The Bertz CT molecular complexity index is 1130. The Morgan fingerprint density at radius 3 is 2.66 bits per heavy atom. The van der Waals surface area contributed by atoms with Gasteiger partial charge in [-0.15, -0.1) is 0 Å². The van der Waals surface area contributed by atoms with Gasteiger partial charge in [-0.25, -0.2) is 14.8 Å². The molecule has 172 valence electrons. The first kappa shape index (κ1) is 23.7. The highest BCUT2D eigenvalue weighted by molar-refractivity contribution is 6.32. The third-order valence-corrected chi connectivity index (χ3v) is 4.96. The van der Waals surface area contributed by atoms with Crippen LogP contribution in [0.2, 0.25) is 5.02 Å². The van der Waals surface area contributed by atoms with E-state index in [0.717, 1.165) is 0 Å². The Labute approximate surface area is 187 Å². The zero-order valence-corrected chi connectivity index (χ0v) is 18.0. The van der Waals surface area contributed by atoms with Crippen molar-refractivity contribution >= 4 is 28.7 Å². The van der Waals surface area contributed by atoms with E-state index >= 15 is 0 Å². The maximum absolute atomic E-state index is 12.3. The second-order valence-corrected chi connectivity index (χ2v) is 7.63. The van der Waals surface area contributed by atoms with Gasteiger partial charge in [-0.2, -0.15) is 0 Å². The molecule has 12 heteroatoms. The normalized spacial score (nSPS) is 12.7. The van der Waals surface area contributed by atoms with E-state index in [2.05, 4.69) is 9.97 Å². The molecule has 1 atom stereocenters. The summed E-state index contributed by atoms with van der Waals surface area (Å²) in [5, 5.41) is 18.5. The molecular weight excluding hydrogens is 444 g/mol. The Hall–Kier alpha value is -2.99. The number of nitrogens with two attached hydrogens (primary N) is 1. The van der Waals surface area contributed by atoms with Gasteiger partial charge in [-0.3, -0.25) is 9.36 Å². The minimum Gasteiger partial charge on any atom is -0.481 e. The first-order chi connectivity index (χ1) is 15.3. The summed E-state index contributed by atoms with van der Waals surface area (Å²) in [5.74, 6) is -0.595. The van der Waals surface area contributed by atoms with Crippen LogP contribution in [0.15, 0.2) is 39.8 Å². The Kier molecular flexibility index (Phi) is 7.46. The number of aryl methyl sites for hydroxylation is 1. The van der Waals surface area contributed by atoms with Crippen LogP contribution >= 0.6 is 11.6 Å². The number of oxazole rings is 1. The number of rotatable bonds is 10. The zero-order valence-electron chi connectivity index (χ0n) is 17.2. The fourth-order valence-corrected chi connectivity index (χ4v) is 2.97. The lowest BCUT2D eigenvalue weighted by atomic mass is 10.1.